The maximum absolute atomic E-state index is 12.0. The van der Waals surface area contributed by atoms with E-state index in [1.807, 2.05) is 50.2 Å². The van der Waals surface area contributed by atoms with Gasteiger partial charge in [-0.25, -0.2) is 0 Å². The van der Waals surface area contributed by atoms with E-state index in [1.165, 1.54) is 0 Å². The van der Waals surface area contributed by atoms with E-state index in [9.17, 15) is 4.79 Å². The van der Waals surface area contributed by atoms with E-state index in [0.717, 1.165) is 11.3 Å². The quantitative estimate of drug-likeness (QED) is 0.481. The van der Waals surface area contributed by atoms with Gasteiger partial charge < -0.3 is 25.4 Å². The maximum atomic E-state index is 12.0. The van der Waals surface area contributed by atoms with Gasteiger partial charge in [0.05, 0.1) is 13.7 Å². The Labute approximate surface area is 166 Å². The van der Waals surface area contributed by atoms with Crippen LogP contribution in [0.1, 0.15) is 29.8 Å². The molecule has 150 valence electrons. The summed E-state index contributed by atoms with van der Waals surface area (Å²) in [7, 11) is 3.31. The highest BCUT2D eigenvalue weighted by Crippen LogP contribution is 2.30. The lowest BCUT2D eigenvalue weighted by atomic mass is 10.1. The van der Waals surface area contributed by atoms with Crippen molar-refractivity contribution in [1.29, 1.82) is 0 Å². The summed E-state index contributed by atoms with van der Waals surface area (Å²) in [5, 5.41) is 9.28. The number of nitrogens with one attached hydrogen (secondary N) is 3. The molecule has 0 radical (unpaired) electrons. The van der Waals surface area contributed by atoms with Crippen molar-refractivity contribution in [2.75, 3.05) is 32.6 Å². The Morgan fingerprint density at radius 1 is 1.07 bits per heavy atom. The number of rotatable bonds is 8. The first-order valence-electron chi connectivity index (χ1n) is 9.26. The average Bonchev–Trinajstić information content (AvgIpc) is 2.72. The van der Waals surface area contributed by atoms with Gasteiger partial charge in [-0.2, -0.15) is 0 Å². The topological polar surface area (TPSA) is 84.0 Å². The first-order valence-corrected chi connectivity index (χ1v) is 9.26. The second kappa shape index (κ2) is 10.8. The predicted molar refractivity (Wildman–Crippen MR) is 112 cm³/mol. The van der Waals surface area contributed by atoms with Crippen LogP contribution in [0.25, 0.3) is 0 Å². The lowest BCUT2D eigenvalue weighted by Crippen LogP contribution is -2.30. The maximum Gasteiger partial charge on any atom is 0.251 e. The van der Waals surface area contributed by atoms with Crippen LogP contribution in [0.3, 0.4) is 0 Å². The molecule has 3 N–H and O–H groups in total. The standard InChI is InChI=1S/C21H28N4O3/c1-5-23-20(26)16-9-7-8-15(12-16)14-24-21(22-3)25-17-10-11-18(27-4)19(13-17)28-6-2/h7-13H,5-6,14H2,1-4H3,(H,23,26)(H2,22,24,25). The van der Waals surface area contributed by atoms with E-state index in [-0.39, 0.29) is 5.91 Å². The number of anilines is 1. The number of ether oxygens (including phenoxy) is 2. The van der Waals surface area contributed by atoms with Crippen molar-refractivity contribution in [2.45, 2.75) is 20.4 Å². The fourth-order valence-electron chi connectivity index (χ4n) is 2.61. The highest BCUT2D eigenvalue weighted by Gasteiger charge is 2.08. The molecule has 0 unspecified atom stereocenters. The number of aliphatic imine (C=N–C) groups is 1. The number of carbonyl (C=O) groups is 1. The second-order valence-corrected chi connectivity index (χ2v) is 5.91. The molecule has 2 rings (SSSR count). The number of hydrogen-bond acceptors (Lipinski definition) is 4. The molecule has 0 aromatic heterocycles. The molecule has 0 spiro atoms. The van der Waals surface area contributed by atoms with E-state index >= 15 is 0 Å². The van der Waals surface area contributed by atoms with E-state index < -0.39 is 0 Å². The van der Waals surface area contributed by atoms with Crippen LogP contribution in [0.15, 0.2) is 47.5 Å². The van der Waals surface area contributed by atoms with Crippen molar-refractivity contribution >= 4 is 17.6 Å². The van der Waals surface area contributed by atoms with Crippen molar-refractivity contribution < 1.29 is 14.3 Å². The van der Waals surface area contributed by atoms with E-state index in [1.54, 1.807) is 20.2 Å². The summed E-state index contributed by atoms with van der Waals surface area (Å²) >= 11 is 0. The Hall–Kier alpha value is -3.22. The van der Waals surface area contributed by atoms with E-state index in [0.29, 0.717) is 42.7 Å². The van der Waals surface area contributed by atoms with E-state index in [4.69, 9.17) is 9.47 Å². The molecule has 1 amide bonds. The smallest absolute Gasteiger partial charge is 0.251 e. The Bertz CT molecular complexity index is 821. The monoisotopic (exact) mass is 384 g/mol. The third kappa shape index (κ3) is 5.90. The lowest BCUT2D eigenvalue weighted by molar-refractivity contribution is 0.0955. The van der Waals surface area contributed by atoms with Crippen molar-refractivity contribution in [3.05, 3.63) is 53.6 Å². The fraction of sp³-hybridized carbons (Fsp3) is 0.333. The van der Waals surface area contributed by atoms with Crippen LogP contribution in [-0.4, -0.2) is 39.2 Å². The number of benzene rings is 2. The SMILES string of the molecule is CCNC(=O)c1cccc(CNC(=NC)Nc2ccc(OC)c(OCC)c2)c1. The van der Waals surface area contributed by atoms with Crippen molar-refractivity contribution in [2.24, 2.45) is 4.99 Å². The fourth-order valence-corrected chi connectivity index (χ4v) is 2.61. The molecule has 0 saturated carbocycles. The molecule has 0 atom stereocenters. The Morgan fingerprint density at radius 3 is 2.57 bits per heavy atom. The molecular weight excluding hydrogens is 356 g/mol. The van der Waals surface area contributed by atoms with Gasteiger partial charge in [0.1, 0.15) is 0 Å². The molecular formula is C21H28N4O3. The van der Waals surface area contributed by atoms with Crippen LogP contribution in [0.2, 0.25) is 0 Å². The molecule has 0 fully saturated rings. The molecule has 2 aromatic carbocycles. The summed E-state index contributed by atoms with van der Waals surface area (Å²) in [6.07, 6.45) is 0. The van der Waals surface area contributed by atoms with Crippen molar-refractivity contribution in [3.8, 4) is 11.5 Å². The van der Waals surface area contributed by atoms with Crippen LogP contribution in [0, 0.1) is 0 Å². The second-order valence-electron chi connectivity index (χ2n) is 5.91. The summed E-state index contributed by atoms with van der Waals surface area (Å²) in [4.78, 5) is 16.2. The Morgan fingerprint density at radius 2 is 1.89 bits per heavy atom. The average molecular weight is 384 g/mol. The van der Waals surface area contributed by atoms with Crippen LogP contribution in [0.5, 0.6) is 11.5 Å². The van der Waals surface area contributed by atoms with Gasteiger partial charge in [-0.15, -0.1) is 0 Å². The number of amides is 1. The molecule has 28 heavy (non-hydrogen) atoms. The van der Waals surface area contributed by atoms with Crippen molar-refractivity contribution in [1.82, 2.24) is 10.6 Å². The van der Waals surface area contributed by atoms with Gasteiger partial charge in [0.25, 0.3) is 5.91 Å². The van der Waals surface area contributed by atoms with Crippen LogP contribution >= 0.6 is 0 Å². The third-order valence-corrected chi connectivity index (χ3v) is 3.94. The Balaban J connectivity index is 2.03. The number of carbonyl (C=O) groups excluding carboxylic acids is 1. The predicted octanol–water partition coefficient (Wildman–Crippen LogP) is 3.03. The minimum absolute atomic E-state index is 0.0754. The van der Waals surface area contributed by atoms with Gasteiger partial charge in [-0.3, -0.25) is 9.79 Å². The molecule has 0 bridgehead atoms. The summed E-state index contributed by atoms with van der Waals surface area (Å²) in [5.41, 5.74) is 2.45. The number of nitrogens with zero attached hydrogens (tertiary/aromatic N) is 1. The molecule has 0 saturated heterocycles. The summed E-state index contributed by atoms with van der Waals surface area (Å²) < 4.78 is 10.9. The zero-order valence-electron chi connectivity index (χ0n) is 16.8. The Kier molecular flexibility index (Phi) is 8.14. The first-order chi connectivity index (χ1) is 13.6. The van der Waals surface area contributed by atoms with Crippen LogP contribution in [0.4, 0.5) is 5.69 Å². The zero-order valence-corrected chi connectivity index (χ0v) is 16.8. The molecule has 7 heteroatoms. The van der Waals surface area contributed by atoms with Crippen LogP contribution < -0.4 is 25.4 Å². The molecule has 0 aliphatic rings. The summed E-state index contributed by atoms with van der Waals surface area (Å²) in [6, 6.07) is 13.1. The molecule has 2 aromatic rings. The first kappa shape index (κ1) is 21.1. The lowest BCUT2D eigenvalue weighted by Gasteiger charge is -2.15. The minimum atomic E-state index is -0.0754. The summed E-state index contributed by atoms with van der Waals surface area (Å²) in [6.45, 7) is 5.50. The van der Waals surface area contributed by atoms with Gasteiger partial charge in [-0.1, -0.05) is 12.1 Å². The largest absolute Gasteiger partial charge is 0.493 e. The molecule has 0 aliphatic heterocycles. The number of guanidine groups is 1. The highest BCUT2D eigenvalue weighted by atomic mass is 16.5. The third-order valence-electron chi connectivity index (χ3n) is 3.94. The van der Waals surface area contributed by atoms with Gasteiger partial charge >= 0.3 is 0 Å². The molecule has 0 aliphatic carbocycles. The highest BCUT2D eigenvalue weighted by molar-refractivity contribution is 5.95. The van der Waals surface area contributed by atoms with Gasteiger partial charge in [0.2, 0.25) is 0 Å². The van der Waals surface area contributed by atoms with Gasteiger partial charge in [0, 0.05) is 37.5 Å². The van der Waals surface area contributed by atoms with E-state index in [2.05, 4.69) is 20.9 Å². The number of methoxy groups -OCH3 is 1. The molecule has 7 nitrogen and oxygen atoms in total. The molecule has 0 heterocycles. The van der Waals surface area contributed by atoms with Crippen molar-refractivity contribution in [3.63, 3.8) is 0 Å². The minimum Gasteiger partial charge on any atom is -0.493 e. The number of hydrogen-bond donors (Lipinski definition) is 3. The normalized spacial score (nSPS) is 10.9. The van der Waals surface area contributed by atoms with Crippen LogP contribution in [-0.2, 0) is 6.54 Å². The summed E-state index contributed by atoms with van der Waals surface area (Å²) in [5.74, 6) is 1.88. The van der Waals surface area contributed by atoms with Gasteiger partial charge in [0.15, 0.2) is 17.5 Å². The van der Waals surface area contributed by atoms with Gasteiger partial charge in [-0.05, 0) is 43.7 Å². The zero-order chi connectivity index (χ0) is 20.4.